The Morgan fingerprint density at radius 3 is 2.68 bits per heavy atom. The third-order valence-electron chi connectivity index (χ3n) is 5.87. The lowest BCUT2D eigenvalue weighted by atomic mass is 9.74. The van der Waals surface area contributed by atoms with Crippen molar-refractivity contribution in [2.75, 3.05) is 6.61 Å². The van der Waals surface area contributed by atoms with E-state index < -0.39 is 30.2 Å². The highest BCUT2D eigenvalue weighted by atomic mass is 19.4. The Labute approximate surface area is 177 Å². The summed E-state index contributed by atoms with van der Waals surface area (Å²) in [6, 6.07) is 9.68. The molecule has 5 nitrogen and oxygen atoms in total. The number of benzene rings is 1. The van der Waals surface area contributed by atoms with Crippen LogP contribution < -0.4 is 10.2 Å². The molecule has 3 aromatic rings. The van der Waals surface area contributed by atoms with Gasteiger partial charge in [-0.1, -0.05) is 32.0 Å². The van der Waals surface area contributed by atoms with Crippen LogP contribution in [0.15, 0.2) is 53.6 Å². The van der Waals surface area contributed by atoms with Crippen LogP contribution in [0.2, 0.25) is 0 Å². The van der Waals surface area contributed by atoms with Gasteiger partial charge in [0.05, 0.1) is 18.5 Å². The van der Waals surface area contributed by atoms with E-state index in [1.165, 1.54) is 29.1 Å². The Morgan fingerprint density at radius 1 is 1.16 bits per heavy atom. The highest BCUT2D eigenvalue weighted by Gasteiger charge is 2.56. The largest absolute Gasteiger partial charge is 0.493 e. The fourth-order valence-electron chi connectivity index (χ4n) is 4.37. The van der Waals surface area contributed by atoms with E-state index >= 15 is 0 Å². The van der Waals surface area contributed by atoms with Crippen LogP contribution in [0.25, 0.3) is 11.0 Å². The number of aliphatic hydroxyl groups is 1. The second-order valence-corrected chi connectivity index (χ2v) is 8.66. The predicted octanol–water partition coefficient (Wildman–Crippen LogP) is 3.99. The molecular weight excluding hydrogens is 409 g/mol. The zero-order chi connectivity index (χ0) is 22.4. The van der Waals surface area contributed by atoms with Crippen molar-refractivity contribution in [2.24, 2.45) is 0 Å². The number of fused-ring (bicyclic) bond motifs is 2. The first-order valence-corrected chi connectivity index (χ1v) is 10.0. The monoisotopic (exact) mass is 432 g/mol. The molecule has 1 aromatic carbocycles. The zero-order valence-corrected chi connectivity index (χ0v) is 17.2. The van der Waals surface area contributed by atoms with Crippen LogP contribution >= 0.6 is 0 Å². The fraction of sp³-hybridized carbons (Fsp3) is 0.391. The van der Waals surface area contributed by atoms with Gasteiger partial charge < -0.3 is 14.4 Å². The molecule has 3 heterocycles. The Kier molecular flexibility index (Phi) is 5.08. The van der Waals surface area contributed by atoms with Crippen LogP contribution in [0.1, 0.15) is 31.4 Å². The van der Waals surface area contributed by atoms with Crippen LogP contribution in [0.3, 0.4) is 0 Å². The molecule has 0 bridgehead atoms. The smallest absolute Gasteiger partial charge is 0.418 e. The van der Waals surface area contributed by atoms with Gasteiger partial charge in [0.2, 0.25) is 0 Å². The Balaban J connectivity index is 1.76. The molecule has 0 spiro atoms. The third-order valence-corrected chi connectivity index (χ3v) is 5.87. The Bertz CT molecular complexity index is 1190. The van der Waals surface area contributed by atoms with Crippen molar-refractivity contribution >= 4 is 11.0 Å². The van der Waals surface area contributed by atoms with Gasteiger partial charge in [-0.05, 0) is 29.5 Å². The number of pyridine rings is 2. The molecule has 1 unspecified atom stereocenters. The number of hydrogen-bond acceptors (Lipinski definition) is 4. The van der Waals surface area contributed by atoms with Gasteiger partial charge >= 0.3 is 6.18 Å². The van der Waals surface area contributed by atoms with E-state index in [9.17, 15) is 23.1 Å². The molecule has 8 heteroatoms. The minimum Gasteiger partial charge on any atom is -0.493 e. The van der Waals surface area contributed by atoms with Crippen molar-refractivity contribution < 1.29 is 23.0 Å². The lowest BCUT2D eigenvalue weighted by molar-refractivity contribution is -0.271. The van der Waals surface area contributed by atoms with Crippen molar-refractivity contribution in [1.29, 1.82) is 0 Å². The van der Waals surface area contributed by atoms with Crippen molar-refractivity contribution in [2.45, 2.75) is 50.4 Å². The number of alkyl halides is 3. The van der Waals surface area contributed by atoms with E-state index in [1.54, 1.807) is 32.0 Å². The van der Waals surface area contributed by atoms with Gasteiger partial charge in [0.1, 0.15) is 11.4 Å². The van der Waals surface area contributed by atoms with Crippen LogP contribution in [-0.4, -0.2) is 33.0 Å². The molecule has 1 aliphatic rings. The van der Waals surface area contributed by atoms with Gasteiger partial charge in [-0.25, -0.2) is 4.98 Å². The molecule has 0 saturated heterocycles. The van der Waals surface area contributed by atoms with Gasteiger partial charge in [-0.3, -0.25) is 4.79 Å². The van der Waals surface area contributed by atoms with Gasteiger partial charge in [0.15, 0.2) is 11.0 Å². The van der Waals surface area contributed by atoms with Crippen molar-refractivity contribution in [3.05, 3.63) is 70.1 Å². The Hall–Kier alpha value is -2.87. The van der Waals surface area contributed by atoms with Crippen LogP contribution in [0.5, 0.6) is 5.75 Å². The highest BCUT2D eigenvalue weighted by molar-refractivity contribution is 5.74. The number of aromatic nitrogens is 2. The number of halogens is 3. The van der Waals surface area contributed by atoms with Crippen LogP contribution in [0, 0.1) is 0 Å². The van der Waals surface area contributed by atoms with Crippen molar-refractivity contribution in [1.82, 2.24) is 9.55 Å². The fourth-order valence-corrected chi connectivity index (χ4v) is 4.37. The molecule has 0 saturated carbocycles. The number of rotatable bonds is 5. The summed E-state index contributed by atoms with van der Waals surface area (Å²) in [5.74, 6) is 0.604. The summed E-state index contributed by atoms with van der Waals surface area (Å²) in [4.78, 5) is 16.1. The average molecular weight is 432 g/mol. The minimum absolute atomic E-state index is 0.0967. The summed E-state index contributed by atoms with van der Waals surface area (Å²) in [6.45, 7) is 3.04. The molecule has 1 N–H and O–H groups in total. The first-order chi connectivity index (χ1) is 14.5. The third kappa shape index (κ3) is 3.80. The summed E-state index contributed by atoms with van der Waals surface area (Å²) in [5.41, 5.74) is -2.75. The SMILES string of the molecule is CC(C)(CC(O)(Cn1ccc(=O)c2cccnc21)C(F)(F)F)c1cccc2c1OCC2. The first kappa shape index (κ1) is 21.4. The van der Waals surface area contributed by atoms with E-state index in [2.05, 4.69) is 4.98 Å². The van der Waals surface area contributed by atoms with Crippen molar-refractivity contribution in [3.63, 3.8) is 0 Å². The summed E-state index contributed by atoms with van der Waals surface area (Å²) in [5, 5.41) is 11.2. The second kappa shape index (κ2) is 7.37. The van der Waals surface area contributed by atoms with E-state index in [0.717, 1.165) is 5.56 Å². The molecule has 164 valence electrons. The summed E-state index contributed by atoms with van der Waals surface area (Å²) < 4.78 is 49.5. The number of nitrogens with zero attached hydrogens (tertiary/aromatic N) is 2. The quantitative estimate of drug-likeness (QED) is 0.662. The van der Waals surface area contributed by atoms with Gasteiger partial charge in [0.25, 0.3) is 0 Å². The van der Waals surface area contributed by atoms with Crippen molar-refractivity contribution in [3.8, 4) is 5.75 Å². The number of ether oxygens (including phenoxy) is 1. The molecule has 4 rings (SSSR count). The lowest BCUT2D eigenvalue weighted by Crippen LogP contribution is -2.52. The second-order valence-electron chi connectivity index (χ2n) is 8.66. The maximum Gasteiger partial charge on any atom is 0.418 e. The molecule has 0 aliphatic carbocycles. The topological polar surface area (TPSA) is 64.4 Å². The normalized spacial score (nSPS) is 16.1. The molecule has 0 fully saturated rings. The zero-order valence-electron chi connectivity index (χ0n) is 17.2. The standard InChI is InChI=1S/C23H23F3N2O3/c1-21(2,17-7-3-5-15-9-12-31-19(15)17)13-22(30,23(24,25)26)14-28-11-8-18(29)16-6-4-10-27-20(16)28/h3-8,10-11,30H,9,12-14H2,1-2H3. The maximum atomic E-state index is 14.2. The summed E-state index contributed by atoms with van der Waals surface area (Å²) in [7, 11) is 0. The predicted molar refractivity (Wildman–Crippen MR) is 110 cm³/mol. The van der Waals surface area contributed by atoms with Gasteiger partial charge in [-0.15, -0.1) is 0 Å². The number of para-hydroxylation sites is 1. The lowest BCUT2D eigenvalue weighted by Gasteiger charge is -2.38. The summed E-state index contributed by atoms with van der Waals surface area (Å²) >= 11 is 0. The Morgan fingerprint density at radius 2 is 1.94 bits per heavy atom. The first-order valence-electron chi connectivity index (χ1n) is 10.0. The summed E-state index contributed by atoms with van der Waals surface area (Å²) in [6.07, 6.45) is -2.15. The maximum absolute atomic E-state index is 14.2. The van der Waals surface area contributed by atoms with Gasteiger partial charge in [-0.2, -0.15) is 13.2 Å². The van der Waals surface area contributed by atoms with Gasteiger partial charge in [0, 0.05) is 30.4 Å². The van der Waals surface area contributed by atoms with E-state index in [4.69, 9.17) is 4.74 Å². The molecule has 2 aromatic heterocycles. The molecule has 31 heavy (non-hydrogen) atoms. The molecular formula is C23H23F3N2O3. The number of hydrogen-bond donors (Lipinski definition) is 1. The molecule has 1 aliphatic heterocycles. The molecule has 1 atom stereocenters. The molecule has 0 radical (unpaired) electrons. The van der Waals surface area contributed by atoms with Crippen LogP contribution in [0.4, 0.5) is 13.2 Å². The highest BCUT2D eigenvalue weighted by Crippen LogP contribution is 2.46. The minimum atomic E-state index is -4.91. The van der Waals surface area contributed by atoms with E-state index in [0.29, 0.717) is 24.3 Å². The average Bonchev–Trinajstić information content (AvgIpc) is 3.18. The molecule has 0 amide bonds. The van der Waals surface area contributed by atoms with E-state index in [1.807, 2.05) is 6.07 Å². The van der Waals surface area contributed by atoms with E-state index in [-0.39, 0.29) is 16.5 Å². The van der Waals surface area contributed by atoms with Crippen LogP contribution in [-0.2, 0) is 18.4 Å².